The van der Waals surface area contributed by atoms with E-state index < -0.39 is 0 Å². The van der Waals surface area contributed by atoms with Gasteiger partial charge in [0.2, 0.25) is 5.91 Å². The largest absolute Gasteiger partial charge is 0.495 e. The van der Waals surface area contributed by atoms with Crippen molar-refractivity contribution < 1.29 is 23.9 Å². The van der Waals surface area contributed by atoms with Gasteiger partial charge in [-0.05, 0) is 55.2 Å². The minimum atomic E-state index is -0.371. The number of rotatable bonds is 5. The topological polar surface area (TPSA) is 93.7 Å². The molecule has 2 N–H and O–H groups in total. The molecule has 0 radical (unpaired) electrons. The smallest absolute Gasteiger partial charge is 0.310 e. The van der Waals surface area contributed by atoms with Crippen molar-refractivity contribution >= 4 is 40.8 Å². The first kappa shape index (κ1) is 19.9. The van der Waals surface area contributed by atoms with Gasteiger partial charge in [0.1, 0.15) is 11.9 Å². The number of fused-ring (bicyclic) bond motifs is 1. The van der Waals surface area contributed by atoms with Crippen molar-refractivity contribution in [2.45, 2.75) is 18.9 Å². The molecule has 3 fully saturated rings. The van der Waals surface area contributed by atoms with Crippen molar-refractivity contribution in [1.29, 1.82) is 0 Å². The van der Waals surface area contributed by atoms with Gasteiger partial charge in [0, 0.05) is 22.2 Å². The van der Waals surface area contributed by atoms with Crippen LogP contribution in [0.25, 0.3) is 0 Å². The Bertz CT molecular complexity index is 1090. The van der Waals surface area contributed by atoms with E-state index >= 15 is 0 Å². The minimum absolute atomic E-state index is 0.0120. The van der Waals surface area contributed by atoms with E-state index in [1.165, 1.54) is 7.11 Å². The Balaban J connectivity index is 1.31. The van der Waals surface area contributed by atoms with E-state index in [0.717, 1.165) is 12.8 Å². The molecule has 2 aromatic rings. The molecule has 2 amide bonds. The molecule has 31 heavy (non-hydrogen) atoms. The van der Waals surface area contributed by atoms with Gasteiger partial charge in [-0.1, -0.05) is 17.7 Å². The van der Waals surface area contributed by atoms with Crippen molar-refractivity contribution in [1.82, 2.24) is 0 Å². The second kappa shape index (κ2) is 7.57. The lowest BCUT2D eigenvalue weighted by molar-refractivity contribution is -0.145. The molecule has 0 spiro atoms. The predicted molar refractivity (Wildman–Crippen MR) is 114 cm³/mol. The lowest BCUT2D eigenvalue weighted by atomic mass is 9.79. The summed E-state index contributed by atoms with van der Waals surface area (Å²) in [5, 5.41) is 6.14. The van der Waals surface area contributed by atoms with Crippen LogP contribution in [0.3, 0.4) is 0 Å². The molecule has 7 nitrogen and oxygen atoms in total. The number of amides is 2. The third kappa shape index (κ3) is 3.43. The molecule has 8 heteroatoms. The summed E-state index contributed by atoms with van der Waals surface area (Å²) in [6, 6.07) is 11.6. The van der Waals surface area contributed by atoms with Crippen LogP contribution < -0.4 is 15.4 Å². The second-order valence-corrected chi connectivity index (χ2v) is 8.73. The van der Waals surface area contributed by atoms with Gasteiger partial charge >= 0.3 is 5.97 Å². The number of hydrogen-bond donors (Lipinski definition) is 2. The maximum atomic E-state index is 13.0. The van der Waals surface area contributed by atoms with Gasteiger partial charge in [-0.15, -0.1) is 0 Å². The maximum Gasteiger partial charge on any atom is 0.310 e. The average Bonchev–Trinajstić information content (AvgIpc) is 3.37. The van der Waals surface area contributed by atoms with E-state index in [9.17, 15) is 14.4 Å². The van der Waals surface area contributed by atoms with E-state index in [0.29, 0.717) is 27.7 Å². The predicted octanol–water partition coefficient (Wildman–Crippen LogP) is 3.74. The Labute approximate surface area is 184 Å². The normalized spacial score (nSPS) is 27.7. The number of methoxy groups -OCH3 is 1. The Hall–Kier alpha value is -3.06. The molecular weight excluding hydrogens is 420 g/mol. The molecule has 3 aliphatic rings. The van der Waals surface area contributed by atoms with E-state index in [1.807, 2.05) is 0 Å². The molecule has 0 unspecified atom stereocenters. The van der Waals surface area contributed by atoms with Crippen molar-refractivity contribution in [2.24, 2.45) is 23.7 Å². The number of halogens is 1. The summed E-state index contributed by atoms with van der Waals surface area (Å²) in [5.41, 5.74) is 1.32. The molecule has 2 aliphatic carbocycles. The quantitative estimate of drug-likeness (QED) is 0.691. The Morgan fingerprint density at radius 3 is 2.77 bits per heavy atom. The molecular formula is C23H21ClN2O5. The van der Waals surface area contributed by atoms with Crippen LogP contribution in [-0.2, 0) is 14.3 Å². The van der Waals surface area contributed by atoms with Gasteiger partial charge in [0.15, 0.2) is 0 Å². The van der Waals surface area contributed by atoms with E-state index in [-0.39, 0.29) is 47.6 Å². The summed E-state index contributed by atoms with van der Waals surface area (Å²) >= 11 is 6.02. The van der Waals surface area contributed by atoms with Crippen molar-refractivity contribution in [3.63, 3.8) is 0 Å². The highest BCUT2D eigenvalue weighted by Crippen LogP contribution is 2.57. The van der Waals surface area contributed by atoms with E-state index in [2.05, 4.69) is 10.6 Å². The van der Waals surface area contributed by atoms with Crippen LogP contribution >= 0.6 is 11.6 Å². The minimum Gasteiger partial charge on any atom is -0.495 e. The number of esters is 1. The van der Waals surface area contributed by atoms with E-state index in [1.54, 1.807) is 42.5 Å². The lowest BCUT2D eigenvalue weighted by Gasteiger charge is -2.23. The van der Waals surface area contributed by atoms with Gasteiger partial charge in [0.25, 0.3) is 5.91 Å². The fourth-order valence-electron chi connectivity index (χ4n) is 5.30. The van der Waals surface area contributed by atoms with Crippen molar-refractivity contribution in [2.75, 3.05) is 17.7 Å². The third-order valence-electron chi connectivity index (χ3n) is 6.59. The summed E-state index contributed by atoms with van der Waals surface area (Å²) < 4.78 is 10.7. The molecule has 5 atom stereocenters. The Morgan fingerprint density at radius 1 is 1.13 bits per heavy atom. The highest BCUT2D eigenvalue weighted by atomic mass is 35.5. The summed E-state index contributed by atoms with van der Waals surface area (Å²) in [6.07, 6.45) is 1.61. The third-order valence-corrected chi connectivity index (χ3v) is 6.82. The van der Waals surface area contributed by atoms with Gasteiger partial charge in [-0.3, -0.25) is 14.4 Å². The number of carbonyl (C=O) groups excluding carboxylic acids is 3. The summed E-state index contributed by atoms with van der Waals surface area (Å²) in [4.78, 5) is 37.9. The zero-order valence-electron chi connectivity index (χ0n) is 16.8. The molecule has 1 heterocycles. The summed E-state index contributed by atoms with van der Waals surface area (Å²) in [6.45, 7) is 0. The van der Waals surface area contributed by atoms with Crippen LogP contribution in [0.5, 0.6) is 5.75 Å². The van der Waals surface area contributed by atoms with Crippen LogP contribution in [0.15, 0.2) is 42.5 Å². The first-order chi connectivity index (χ1) is 14.9. The van der Waals surface area contributed by atoms with Crippen molar-refractivity contribution in [3.8, 4) is 5.75 Å². The summed E-state index contributed by atoms with van der Waals surface area (Å²) in [5.74, 6) is -0.692. The van der Waals surface area contributed by atoms with Crippen LogP contribution in [-0.4, -0.2) is 31.0 Å². The molecule has 2 aromatic carbocycles. The number of benzene rings is 2. The highest BCUT2D eigenvalue weighted by molar-refractivity contribution is 6.31. The molecule has 160 valence electrons. The highest BCUT2D eigenvalue weighted by Gasteiger charge is 2.63. The van der Waals surface area contributed by atoms with Crippen molar-refractivity contribution in [3.05, 3.63) is 53.1 Å². The SMILES string of the molecule is COc1ccc(Cl)cc1NC(=O)c1cccc(NC(=O)[C@@H]2[C@H]3C[C@H]4[C@H]2C(=O)O[C@H]4C3)c1. The number of anilines is 2. The van der Waals surface area contributed by atoms with Crippen LogP contribution in [0.1, 0.15) is 23.2 Å². The van der Waals surface area contributed by atoms with Gasteiger partial charge in [-0.25, -0.2) is 0 Å². The zero-order valence-corrected chi connectivity index (χ0v) is 17.5. The van der Waals surface area contributed by atoms with E-state index in [4.69, 9.17) is 21.1 Å². The average molecular weight is 441 g/mol. The fourth-order valence-corrected chi connectivity index (χ4v) is 5.47. The van der Waals surface area contributed by atoms with Gasteiger partial charge < -0.3 is 20.1 Å². The molecule has 2 bridgehead atoms. The monoisotopic (exact) mass is 440 g/mol. The first-order valence-electron chi connectivity index (χ1n) is 10.2. The fraction of sp³-hybridized carbons (Fsp3) is 0.348. The number of hydrogen-bond acceptors (Lipinski definition) is 5. The molecule has 1 aliphatic heterocycles. The van der Waals surface area contributed by atoms with Crippen LogP contribution in [0.4, 0.5) is 11.4 Å². The first-order valence-corrected chi connectivity index (χ1v) is 10.6. The second-order valence-electron chi connectivity index (χ2n) is 8.29. The lowest BCUT2D eigenvalue weighted by Crippen LogP contribution is -2.35. The molecule has 5 rings (SSSR count). The van der Waals surface area contributed by atoms with Crippen LogP contribution in [0.2, 0.25) is 5.02 Å². The molecule has 1 saturated heterocycles. The number of carbonyl (C=O) groups is 3. The molecule has 2 saturated carbocycles. The number of ether oxygens (including phenoxy) is 2. The Kier molecular flexibility index (Phi) is 4.85. The van der Waals surface area contributed by atoms with Crippen LogP contribution in [0, 0.1) is 23.7 Å². The standard InChI is InChI=1S/C23H21ClN2O5/c1-30-17-6-5-13(24)10-16(17)26-21(27)11-3-2-4-14(7-11)25-22(28)19-12-8-15-18(9-12)31-23(29)20(15)19/h2-7,10,12,15,18-20H,8-9H2,1H3,(H,25,28)(H,26,27)/t12-,15+,18-,19+,20+/m0/s1. The molecule has 0 aromatic heterocycles. The van der Waals surface area contributed by atoms with Gasteiger partial charge in [-0.2, -0.15) is 0 Å². The Morgan fingerprint density at radius 2 is 1.97 bits per heavy atom. The zero-order chi connectivity index (χ0) is 21.7. The number of nitrogens with one attached hydrogen (secondary N) is 2. The summed E-state index contributed by atoms with van der Waals surface area (Å²) in [7, 11) is 1.51. The van der Waals surface area contributed by atoms with Gasteiger partial charge in [0.05, 0.1) is 24.6 Å². The maximum absolute atomic E-state index is 13.0.